The van der Waals surface area contributed by atoms with Gasteiger partial charge in [0.25, 0.3) is 0 Å². The summed E-state index contributed by atoms with van der Waals surface area (Å²) in [5, 5.41) is 30.8. The molecule has 6 unspecified atom stereocenters. The molecule has 66 heavy (non-hydrogen) atoms. The van der Waals surface area contributed by atoms with Gasteiger partial charge in [-0.15, -0.1) is 0 Å². The highest BCUT2D eigenvalue weighted by atomic mass is 32.3. The maximum Gasteiger partial charge on any atom is 0.397 e. The van der Waals surface area contributed by atoms with E-state index in [9.17, 15) is 33.1 Å². The summed E-state index contributed by atoms with van der Waals surface area (Å²) in [5.74, 6) is -0.408. The van der Waals surface area contributed by atoms with Gasteiger partial charge >= 0.3 is 16.4 Å². The zero-order valence-corrected chi connectivity index (χ0v) is 42.8. The van der Waals surface area contributed by atoms with Gasteiger partial charge in [0.15, 0.2) is 6.29 Å². The van der Waals surface area contributed by atoms with Crippen molar-refractivity contribution in [3.05, 3.63) is 24.3 Å². The summed E-state index contributed by atoms with van der Waals surface area (Å²) in [6.45, 7) is 4.00. The number of ether oxygens (including phenoxy) is 4. The van der Waals surface area contributed by atoms with Crippen molar-refractivity contribution < 1.29 is 56.2 Å². The molecule has 6 atom stereocenters. The van der Waals surface area contributed by atoms with Crippen LogP contribution < -0.4 is 0 Å². The van der Waals surface area contributed by atoms with Crippen LogP contribution in [0.15, 0.2) is 24.3 Å². The van der Waals surface area contributed by atoms with E-state index in [4.69, 9.17) is 18.9 Å². The summed E-state index contributed by atoms with van der Waals surface area (Å²) in [7, 11) is -5.06. The van der Waals surface area contributed by atoms with Crippen molar-refractivity contribution in [1.29, 1.82) is 0 Å². The molecule has 0 bridgehead atoms. The Morgan fingerprint density at radius 2 is 1.00 bits per heavy atom. The van der Waals surface area contributed by atoms with Crippen LogP contribution in [0.3, 0.4) is 0 Å². The monoisotopic (exact) mass is 961 g/mol. The lowest BCUT2D eigenvalue weighted by atomic mass is 9.99. The Morgan fingerprint density at radius 3 is 1.45 bits per heavy atom. The van der Waals surface area contributed by atoms with Crippen molar-refractivity contribution in [2.45, 2.75) is 282 Å². The molecule has 1 aliphatic heterocycles. The number of hydrogen-bond donors (Lipinski definition) is 4. The van der Waals surface area contributed by atoms with Gasteiger partial charge in [-0.05, 0) is 44.9 Å². The maximum absolute atomic E-state index is 12.9. The Balaban J connectivity index is 2.31. The third-order valence-electron chi connectivity index (χ3n) is 12.6. The van der Waals surface area contributed by atoms with Gasteiger partial charge < -0.3 is 34.3 Å². The first-order valence-electron chi connectivity index (χ1n) is 27.1. The highest BCUT2D eigenvalue weighted by Crippen LogP contribution is 2.26. The van der Waals surface area contributed by atoms with E-state index in [1.807, 2.05) is 0 Å². The minimum absolute atomic E-state index is 0.0349. The minimum atomic E-state index is -5.06. The Hall–Kier alpha value is -1.42. The third-order valence-corrected chi connectivity index (χ3v) is 13.0. The van der Waals surface area contributed by atoms with E-state index < -0.39 is 59.8 Å². The molecule has 390 valence electrons. The lowest BCUT2D eigenvalue weighted by molar-refractivity contribution is -0.301. The average Bonchev–Trinajstić information content (AvgIpc) is 3.29. The molecule has 0 spiro atoms. The molecule has 0 amide bonds. The molecule has 0 aliphatic carbocycles. The van der Waals surface area contributed by atoms with Crippen molar-refractivity contribution in [2.75, 3.05) is 26.4 Å². The second kappa shape index (κ2) is 44.8. The molecule has 13 heteroatoms. The van der Waals surface area contributed by atoms with Gasteiger partial charge in [0, 0.05) is 13.0 Å². The van der Waals surface area contributed by atoms with Crippen LogP contribution >= 0.6 is 0 Å². The smallest absolute Gasteiger partial charge is 0.397 e. The number of carbonyl (C=O) groups is 1. The second-order valence-electron chi connectivity index (χ2n) is 18.8. The van der Waals surface area contributed by atoms with Gasteiger partial charge in [0.05, 0.1) is 19.8 Å². The van der Waals surface area contributed by atoms with Crippen molar-refractivity contribution >= 4 is 16.4 Å². The molecular weight excluding hydrogens is 861 g/mol. The molecule has 0 aromatic rings. The third kappa shape index (κ3) is 37.5. The quantitative estimate of drug-likeness (QED) is 0.0197. The fourth-order valence-electron chi connectivity index (χ4n) is 8.47. The number of unbranched alkanes of at least 4 members (excludes halogenated alkanes) is 31. The van der Waals surface area contributed by atoms with E-state index >= 15 is 0 Å². The molecular formula is C53H100O12S. The van der Waals surface area contributed by atoms with E-state index in [1.54, 1.807) is 0 Å². The van der Waals surface area contributed by atoms with Crippen LogP contribution in [0.25, 0.3) is 0 Å². The molecule has 12 nitrogen and oxygen atoms in total. The summed E-state index contributed by atoms with van der Waals surface area (Å²) < 4.78 is 59.3. The SMILES string of the molecule is CCCCCC/C=C\C/C=C\CCCCCCCC(=O)OC(COCCCCCCCCCCCCCCCCCCCCCCCCC)COC1OC(CO)C(O)C(OS(=O)(=O)O)C1O. The van der Waals surface area contributed by atoms with Crippen LogP contribution in [-0.4, -0.2) is 97.5 Å². The van der Waals surface area contributed by atoms with E-state index in [-0.39, 0.29) is 19.6 Å². The molecule has 0 aromatic heterocycles. The van der Waals surface area contributed by atoms with Crippen molar-refractivity contribution in [2.24, 2.45) is 0 Å². The highest BCUT2D eigenvalue weighted by Gasteiger charge is 2.48. The van der Waals surface area contributed by atoms with Crippen LogP contribution in [0.2, 0.25) is 0 Å². The predicted octanol–water partition coefficient (Wildman–Crippen LogP) is 12.8. The molecule has 1 fully saturated rings. The largest absolute Gasteiger partial charge is 0.457 e. The van der Waals surface area contributed by atoms with Gasteiger partial charge in [-0.25, -0.2) is 4.18 Å². The second-order valence-corrected chi connectivity index (χ2v) is 19.9. The van der Waals surface area contributed by atoms with Crippen LogP contribution in [0.4, 0.5) is 0 Å². The number of hydrogen-bond acceptors (Lipinski definition) is 11. The maximum atomic E-state index is 12.9. The zero-order valence-electron chi connectivity index (χ0n) is 42.0. The van der Waals surface area contributed by atoms with E-state index in [0.717, 1.165) is 57.8 Å². The summed E-state index contributed by atoms with van der Waals surface area (Å²) >= 11 is 0. The number of esters is 1. The normalized spacial score (nSPS) is 19.6. The summed E-state index contributed by atoms with van der Waals surface area (Å²) in [5.41, 5.74) is 0. The molecule has 0 radical (unpaired) electrons. The summed E-state index contributed by atoms with van der Waals surface area (Å²) in [6.07, 6.45) is 43.6. The summed E-state index contributed by atoms with van der Waals surface area (Å²) in [4.78, 5) is 12.9. The number of aliphatic hydroxyl groups excluding tert-OH is 3. The van der Waals surface area contributed by atoms with Gasteiger partial charge in [-0.3, -0.25) is 9.35 Å². The molecule has 1 aliphatic rings. The van der Waals surface area contributed by atoms with Crippen LogP contribution in [0.5, 0.6) is 0 Å². The molecule has 4 N–H and O–H groups in total. The number of aliphatic hydroxyl groups is 3. The topological polar surface area (TPSA) is 178 Å². The Morgan fingerprint density at radius 1 is 0.576 bits per heavy atom. The average molecular weight is 961 g/mol. The molecule has 1 rings (SSSR count). The highest BCUT2D eigenvalue weighted by molar-refractivity contribution is 7.80. The van der Waals surface area contributed by atoms with E-state index in [2.05, 4.69) is 42.3 Å². The predicted molar refractivity (Wildman–Crippen MR) is 267 cm³/mol. The first-order valence-corrected chi connectivity index (χ1v) is 28.5. The lowest BCUT2D eigenvalue weighted by Crippen LogP contribution is -2.60. The fourth-order valence-corrected chi connectivity index (χ4v) is 8.98. The fraction of sp³-hybridized carbons (Fsp3) is 0.906. The lowest BCUT2D eigenvalue weighted by Gasteiger charge is -2.41. The van der Waals surface area contributed by atoms with Gasteiger partial charge in [0.2, 0.25) is 0 Å². The van der Waals surface area contributed by atoms with Crippen LogP contribution in [-0.2, 0) is 38.3 Å². The first kappa shape index (κ1) is 62.6. The Kier molecular flexibility index (Phi) is 42.5. The molecule has 1 heterocycles. The van der Waals surface area contributed by atoms with E-state index in [0.29, 0.717) is 13.0 Å². The van der Waals surface area contributed by atoms with Gasteiger partial charge in [0.1, 0.15) is 30.5 Å². The molecule has 1 saturated heterocycles. The zero-order chi connectivity index (χ0) is 48.2. The standard InChI is InChI=1S/C53H100O12S/c1-3-5-7-9-11-13-15-17-19-21-22-23-24-25-26-27-29-31-33-35-37-39-41-43-61-45-47(46-62-53-51(57)52(65-66(58,59)60)50(56)48(44-54)64-53)63-49(55)42-40-38-36-34-32-30-28-20-18-16-14-12-10-8-6-4-2/h14,16,20,28,47-48,50-54,56-57H,3-13,15,17-19,21-27,29-46H2,1-2H3,(H,58,59,60)/b16-14-,28-20-. The van der Waals surface area contributed by atoms with Crippen molar-refractivity contribution in [3.63, 3.8) is 0 Å². The van der Waals surface area contributed by atoms with Gasteiger partial charge in [-0.2, -0.15) is 8.42 Å². The number of allylic oxidation sites excluding steroid dienone is 4. The van der Waals surface area contributed by atoms with Crippen LogP contribution in [0, 0.1) is 0 Å². The van der Waals surface area contributed by atoms with E-state index in [1.165, 1.54) is 161 Å². The first-order chi connectivity index (χ1) is 32.1. The van der Waals surface area contributed by atoms with Crippen LogP contribution in [0.1, 0.15) is 245 Å². The Labute approximate surface area is 403 Å². The van der Waals surface area contributed by atoms with Gasteiger partial charge in [-0.1, -0.05) is 218 Å². The number of carbonyl (C=O) groups excluding carboxylic acids is 1. The minimum Gasteiger partial charge on any atom is -0.457 e. The summed E-state index contributed by atoms with van der Waals surface area (Å²) in [6, 6.07) is 0. The van der Waals surface area contributed by atoms with Crippen molar-refractivity contribution in [1.82, 2.24) is 0 Å². The Bertz CT molecular complexity index is 1250. The number of rotatable bonds is 48. The molecule has 0 aromatic carbocycles. The molecule has 0 saturated carbocycles. The van der Waals surface area contributed by atoms with Crippen molar-refractivity contribution in [3.8, 4) is 0 Å².